The van der Waals surface area contributed by atoms with Gasteiger partial charge in [-0.25, -0.2) is 4.98 Å². The summed E-state index contributed by atoms with van der Waals surface area (Å²) in [6.45, 7) is 4.69. The van der Waals surface area contributed by atoms with Crippen molar-refractivity contribution in [2.24, 2.45) is 5.73 Å². The van der Waals surface area contributed by atoms with Crippen molar-refractivity contribution in [1.82, 2.24) is 20.1 Å². The molecule has 0 aliphatic rings. The van der Waals surface area contributed by atoms with Gasteiger partial charge >= 0.3 is 5.97 Å². The number of esters is 1. The van der Waals surface area contributed by atoms with Crippen LogP contribution in [-0.4, -0.2) is 32.7 Å². The fourth-order valence-electron chi connectivity index (χ4n) is 1.29. The first-order valence-electron chi connectivity index (χ1n) is 7.15. The molecule has 0 aromatic carbocycles. The third kappa shape index (κ3) is 6.40. The van der Waals surface area contributed by atoms with E-state index in [0.717, 1.165) is 12.8 Å². The van der Waals surface area contributed by atoms with E-state index in [4.69, 9.17) is 15.0 Å². The number of carbonyl (C=O) groups excluding carboxylic acids is 1. The maximum atomic E-state index is 10.5. The Bertz CT molecular complexity index is 544. The van der Waals surface area contributed by atoms with Crippen LogP contribution in [-0.2, 0) is 16.1 Å². The Labute approximate surface area is 129 Å². The quantitative estimate of drug-likeness (QED) is 0.633. The maximum Gasteiger partial charge on any atom is 0.305 e. The van der Waals surface area contributed by atoms with Crippen LogP contribution >= 0.6 is 0 Å². The van der Waals surface area contributed by atoms with Gasteiger partial charge in [0.15, 0.2) is 0 Å². The lowest BCUT2D eigenvalue weighted by Crippen LogP contribution is -2.02. The molecule has 0 aliphatic carbocycles. The number of nitrogens with two attached hydrogens (primary N) is 1. The molecule has 8 heteroatoms. The molecule has 0 atom stereocenters. The Morgan fingerprint density at radius 1 is 1.36 bits per heavy atom. The van der Waals surface area contributed by atoms with Crippen LogP contribution < -0.4 is 5.73 Å². The zero-order valence-corrected chi connectivity index (χ0v) is 12.9. The van der Waals surface area contributed by atoms with E-state index in [-0.39, 0.29) is 12.5 Å². The molecular formula is C14H21N5O3. The van der Waals surface area contributed by atoms with Crippen LogP contribution in [0.15, 0.2) is 23.1 Å². The highest BCUT2D eigenvalue weighted by molar-refractivity contribution is 5.68. The van der Waals surface area contributed by atoms with Gasteiger partial charge in [-0.3, -0.25) is 9.78 Å². The van der Waals surface area contributed by atoms with Crippen LogP contribution in [0.4, 0.5) is 0 Å². The van der Waals surface area contributed by atoms with Gasteiger partial charge in [0.1, 0.15) is 5.69 Å². The van der Waals surface area contributed by atoms with Gasteiger partial charge < -0.3 is 15.0 Å². The Balaban J connectivity index is 0.000000239. The standard InChI is InChI=1S/C7H7N5O.C7H14O2/c8-3-6-11-7(12-13-6)5-4-9-1-2-10-5;1-3-5-6-9-7(8)4-2/h1-2,4H,3,8H2;3-6H2,1-2H3. The lowest BCUT2D eigenvalue weighted by atomic mass is 10.4. The molecule has 0 aliphatic heterocycles. The predicted molar refractivity (Wildman–Crippen MR) is 79.4 cm³/mol. The molecular weight excluding hydrogens is 286 g/mol. The van der Waals surface area contributed by atoms with Gasteiger partial charge in [0.05, 0.1) is 19.3 Å². The van der Waals surface area contributed by atoms with Gasteiger partial charge in [0.25, 0.3) is 0 Å². The number of aromatic nitrogens is 4. The molecule has 0 bridgehead atoms. The minimum absolute atomic E-state index is 0.0940. The third-order valence-electron chi connectivity index (χ3n) is 2.48. The van der Waals surface area contributed by atoms with Crippen molar-refractivity contribution in [3.05, 3.63) is 24.5 Å². The van der Waals surface area contributed by atoms with E-state index in [1.165, 1.54) is 0 Å². The Morgan fingerprint density at radius 3 is 2.73 bits per heavy atom. The van der Waals surface area contributed by atoms with E-state index < -0.39 is 0 Å². The first kappa shape index (κ1) is 17.7. The van der Waals surface area contributed by atoms with Gasteiger partial charge in [-0.1, -0.05) is 25.4 Å². The van der Waals surface area contributed by atoms with E-state index >= 15 is 0 Å². The lowest BCUT2D eigenvalue weighted by Gasteiger charge is -1.99. The molecule has 0 unspecified atom stereocenters. The van der Waals surface area contributed by atoms with Gasteiger partial charge in [0.2, 0.25) is 11.7 Å². The number of carbonyl (C=O) groups is 1. The highest BCUT2D eigenvalue weighted by atomic mass is 16.5. The molecule has 0 saturated heterocycles. The largest absolute Gasteiger partial charge is 0.466 e. The first-order valence-corrected chi connectivity index (χ1v) is 7.15. The van der Waals surface area contributed by atoms with E-state index in [1.54, 1.807) is 25.5 Å². The summed E-state index contributed by atoms with van der Waals surface area (Å²) in [5.74, 6) is 0.706. The second-order valence-electron chi connectivity index (χ2n) is 4.23. The molecule has 0 spiro atoms. The molecule has 22 heavy (non-hydrogen) atoms. The van der Waals surface area contributed by atoms with Crippen molar-refractivity contribution in [1.29, 1.82) is 0 Å². The second kappa shape index (κ2) is 10.4. The van der Waals surface area contributed by atoms with Crippen LogP contribution in [0.2, 0.25) is 0 Å². The number of hydrogen-bond acceptors (Lipinski definition) is 8. The normalized spacial score (nSPS) is 9.77. The minimum atomic E-state index is -0.0940. The molecule has 0 radical (unpaired) electrons. The van der Waals surface area contributed by atoms with Gasteiger partial charge in [0, 0.05) is 18.8 Å². The zero-order chi connectivity index (χ0) is 16.2. The summed E-state index contributed by atoms with van der Waals surface area (Å²) < 4.78 is 9.61. The average Bonchev–Trinajstić information content (AvgIpc) is 3.05. The Hall–Kier alpha value is -2.35. The lowest BCUT2D eigenvalue weighted by molar-refractivity contribution is -0.143. The molecule has 2 N–H and O–H groups in total. The Kier molecular flexibility index (Phi) is 8.36. The molecule has 0 saturated carbocycles. The number of unbranched alkanes of at least 4 members (excludes halogenated alkanes) is 1. The summed E-state index contributed by atoms with van der Waals surface area (Å²) in [7, 11) is 0. The van der Waals surface area contributed by atoms with Crippen molar-refractivity contribution < 1.29 is 14.1 Å². The highest BCUT2D eigenvalue weighted by Gasteiger charge is 2.07. The number of ether oxygens (including phenoxy) is 1. The summed E-state index contributed by atoms with van der Waals surface area (Å²) in [6.07, 6.45) is 7.25. The molecule has 2 aromatic heterocycles. The SMILES string of the molecule is CCCCOC(=O)CC.NCc1nc(-c2cnccn2)no1. The number of hydrogen-bond donors (Lipinski definition) is 1. The van der Waals surface area contributed by atoms with Crippen LogP contribution in [0.3, 0.4) is 0 Å². The first-order chi connectivity index (χ1) is 10.7. The molecule has 120 valence electrons. The van der Waals surface area contributed by atoms with Gasteiger partial charge in [-0.2, -0.15) is 4.98 Å². The van der Waals surface area contributed by atoms with Crippen LogP contribution in [0.5, 0.6) is 0 Å². The number of rotatable bonds is 6. The molecule has 2 aromatic rings. The van der Waals surface area contributed by atoms with E-state index in [9.17, 15) is 4.79 Å². The summed E-state index contributed by atoms with van der Waals surface area (Å²) in [6, 6.07) is 0. The average molecular weight is 307 g/mol. The fraction of sp³-hybridized carbons (Fsp3) is 0.500. The van der Waals surface area contributed by atoms with Gasteiger partial charge in [-0.05, 0) is 6.42 Å². The van der Waals surface area contributed by atoms with Crippen LogP contribution in [0.1, 0.15) is 39.0 Å². The molecule has 2 heterocycles. The molecule has 0 amide bonds. The van der Waals surface area contributed by atoms with Gasteiger partial charge in [-0.15, -0.1) is 0 Å². The summed E-state index contributed by atoms with van der Waals surface area (Å²) >= 11 is 0. The second-order valence-corrected chi connectivity index (χ2v) is 4.23. The monoisotopic (exact) mass is 307 g/mol. The van der Waals surface area contributed by atoms with Crippen molar-refractivity contribution in [3.63, 3.8) is 0 Å². The van der Waals surface area contributed by atoms with E-state index in [2.05, 4.69) is 27.0 Å². The zero-order valence-electron chi connectivity index (χ0n) is 12.9. The predicted octanol–water partition coefficient (Wildman–Crippen LogP) is 1.72. The Morgan fingerprint density at radius 2 is 2.18 bits per heavy atom. The van der Waals surface area contributed by atoms with Crippen molar-refractivity contribution in [2.45, 2.75) is 39.7 Å². The van der Waals surface area contributed by atoms with Crippen LogP contribution in [0.25, 0.3) is 11.5 Å². The smallest absolute Gasteiger partial charge is 0.305 e. The summed E-state index contributed by atoms with van der Waals surface area (Å²) in [5.41, 5.74) is 5.88. The van der Waals surface area contributed by atoms with Crippen molar-refractivity contribution >= 4 is 5.97 Å². The summed E-state index contributed by atoms with van der Waals surface area (Å²) in [4.78, 5) is 22.3. The fourth-order valence-corrected chi connectivity index (χ4v) is 1.29. The van der Waals surface area contributed by atoms with E-state index in [0.29, 0.717) is 30.4 Å². The van der Waals surface area contributed by atoms with Crippen LogP contribution in [0, 0.1) is 0 Å². The highest BCUT2D eigenvalue weighted by Crippen LogP contribution is 2.09. The topological polar surface area (TPSA) is 117 Å². The number of nitrogens with zero attached hydrogens (tertiary/aromatic N) is 4. The third-order valence-corrected chi connectivity index (χ3v) is 2.48. The van der Waals surface area contributed by atoms with Crippen molar-refractivity contribution in [2.75, 3.05) is 6.61 Å². The molecule has 0 fully saturated rings. The maximum absolute atomic E-state index is 10.5. The molecule has 2 rings (SSSR count). The summed E-state index contributed by atoms with van der Waals surface area (Å²) in [5, 5.41) is 3.69. The minimum Gasteiger partial charge on any atom is -0.466 e. The van der Waals surface area contributed by atoms with E-state index in [1.807, 2.05) is 0 Å². The molecule has 8 nitrogen and oxygen atoms in total. The van der Waals surface area contributed by atoms with Crippen molar-refractivity contribution in [3.8, 4) is 11.5 Å².